The average molecular weight is 210 g/mol. The predicted octanol–water partition coefficient (Wildman–Crippen LogP) is 1.05. The van der Waals surface area contributed by atoms with E-state index in [1.54, 1.807) is 12.1 Å². The van der Waals surface area contributed by atoms with E-state index in [4.69, 9.17) is 0 Å². The van der Waals surface area contributed by atoms with Gasteiger partial charge in [-0.2, -0.15) is 0 Å². The minimum absolute atomic E-state index is 0.0281. The number of hydrogen-bond donors (Lipinski definition) is 2. The highest BCUT2D eigenvalue weighted by atomic mass is 19.1. The van der Waals surface area contributed by atoms with E-state index in [1.807, 2.05) is 6.92 Å². The van der Waals surface area contributed by atoms with Crippen molar-refractivity contribution in [2.24, 2.45) is 0 Å². The lowest BCUT2D eigenvalue weighted by Crippen LogP contribution is -2.33. The van der Waals surface area contributed by atoms with Crippen molar-refractivity contribution in [2.75, 3.05) is 13.1 Å². The monoisotopic (exact) mass is 210 g/mol. The first-order chi connectivity index (χ1) is 7.22. The van der Waals surface area contributed by atoms with Crippen molar-refractivity contribution in [1.29, 1.82) is 0 Å². The standard InChI is InChI=1S/C11H15FN2O/c1-2-14-11(15)8-13-7-9-3-5-10(12)6-4-9/h3-6,13H,2,7-8H2,1H3,(H,14,15). The third-order valence-corrected chi connectivity index (χ3v) is 1.90. The molecule has 0 saturated heterocycles. The molecule has 0 aliphatic rings. The normalized spacial score (nSPS) is 10.0. The summed E-state index contributed by atoms with van der Waals surface area (Å²) in [7, 11) is 0. The fourth-order valence-corrected chi connectivity index (χ4v) is 1.18. The van der Waals surface area contributed by atoms with Gasteiger partial charge in [0, 0.05) is 13.1 Å². The molecule has 0 aromatic heterocycles. The van der Waals surface area contributed by atoms with Crippen molar-refractivity contribution in [3.05, 3.63) is 35.6 Å². The van der Waals surface area contributed by atoms with Gasteiger partial charge < -0.3 is 10.6 Å². The zero-order chi connectivity index (χ0) is 11.1. The lowest BCUT2D eigenvalue weighted by atomic mass is 10.2. The number of benzene rings is 1. The molecule has 1 amide bonds. The molecule has 1 aromatic rings. The molecule has 0 spiro atoms. The van der Waals surface area contributed by atoms with Crippen LogP contribution in [0.2, 0.25) is 0 Å². The minimum atomic E-state index is -0.248. The molecule has 0 atom stereocenters. The number of amides is 1. The topological polar surface area (TPSA) is 41.1 Å². The Labute approximate surface area is 88.7 Å². The van der Waals surface area contributed by atoms with E-state index in [9.17, 15) is 9.18 Å². The number of hydrogen-bond acceptors (Lipinski definition) is 2. The van der Waals surface area contributed by atoms with Gasteiger partial charge in [-0.25, -0.2) is 4.39 Å². The van der Waals surface area contributed by atoms with Gasteiger partial charge in [-0.1, -0.05) is 12.1 Å². The molecule has 0 unspecified atom stereocenters. The second kappa shape index (κ2) is 6.14. The van der Waals surface area contributed by atoms with Crippen LogP contribution in [0.3, 0.4) is 0 Å². The van der Waals surface area contributed by atoms with Crippen molar-refractivity contribution in [1.82, 2.24) is 10.6 Å². The van der Waals surface area contributed by atoms with Crippen LogP contribution >= 0.6 is 0 Å². The maximum absolute atomic E-state index is 12.6. The molecule has 0 radical (unpaired) electrons. The summed E-state index contributed by atoms with van der Waals surface area (Å²) in [5.41, 5.74) is 0.959. The highest BCUT2D eigenvalue weighted by Gasteiger charge is 1.98. The largest absolute Gasteiger partial charge is 0.355 e. The van der Waals surface area contributed by atoms with E-state index >= 15 is 0 Å². The molecular formula is C11H15FN2O. The molecule has 82 valence electrons. The summed E-state index contributed by atoms with van der Waals surface area (Å²) in [4.78, 5) is 11.1. The third kappa shape index (κ3) is 4.56. The Kier molecular flexibility index (Phi) is 4.77. The quantitative estimate of drug-likeness (QED) is 0.762. The Bertz CT molecular complexity index is 311. The third-order valence-electron chi connectivity index (χ3n) is 1.90. The number of rotatable bonds is 5. The van der Waals surface area contributed by atoms with Crippen molar-refractivity contribution in [3.8, 4) is 0 Å². The number of carbonyl (C=O) groups is 1. The number of halogens is 1. The molecule has 2 N–H and O–H groups in total. The fraction of sp³-hybridized carbons (Fsp3) is 0.364. The molecule has 0 aliphatic carbocycles. The van der Waals surface area contributed by atoms with Gasteiger partial charge in [-0.05, 0) is 24.6 Å². The molecular weight excluding hydrogens is 195 g/mol. The van der Waals surface area contributed by atoms with Crippen LogP contribution in [0.25, 0.3) is 0 Å². The lowest BCUT2D eigenvalue weighted by Gasteiger charge is -2.04. The van der Waals surface area contributed by atoms with E-state index in [1.165, 1.54) is 12.1 Å². The Hall–Kier alpha value is -1.42. The first-order valence-corrected chi connectivity index (χ1v) is 4.94. The van der Waals surface area contributed by atoms with Crippen LogP contribution < -0.4 is 10.6 Å². The van der Waals surface area contributed by atoms with E-state index < -0.39 is 0 Å². The van der Waals surface area contributed by atoms with Crippen LogP contribution in [0.15, 0.2) is 24.3 Å². The molecule has 0 aliphatic heterocycles. The van der Waals surface area contributed by atoms with Crippen molar-refractivity contribution < 1.29 is 9.18 Å². The van der Waals surface area contributed by atoms with Crippen molar-refractivity contribution in [3.63, 3.8) is 0 Å². The highest BCUT2D eigenvalue weighted by Crippen LogP contribution is 2.01. The molecule has 1 rings (SSSR count). The lowest BCUT2D eigenvalue weighted by molar-refractivity contribution is -0.120. The average Bonchev–Trinajstić information content (AvgIpc) is 2.21. The molecule has 0 saturated carbocycles. The van der Waals surface area contributed by atoms with Crippen LogP contribution in [0.1, 0.15) is 12.5 Å². The predicted molar refractivity (Wildman–Crippen MR) is 56.8 cm³/mol. The molecule has 15 heavy (non-hydrogen) atoms. The summed E-state index contributed by atoms with van der Waals surface area (Å²) < 4.78 is 12.6. The molecule has 0 bridgehead atoms. The smallest absolute Gasteiger partial charge is 0.233 e. The SMILES string of the molecule is CCNC(=O)CNCc1ccc(F)cc1. The van der Waals surface area contributed by atoms with Crippen LogP contribution in [0.5, 0.6) is 0 Å². The van der Waals surface area contributed by atoms with Gasteiger partial charge in [0.25, 0.3) is 0 Å². The van der Waals surface area contributed by atoms with E-state index in [-0.39, 0.29) is 18.3 Å². The maximum atomic E-state index is 12.6. The molecule has 3 nitrogen and oxygen atoms in total. The Morgan fingerprint density at radius 1 is 1.33 bits per heavy atom. The Morgan fingerprint density at radius 2 is 2.00 bits per heavy atom. The van der Waals surface area contributed by atoms with Crippen molar-refractivity contribution in [2.45, 2.75) is 13.5 Å². The van der Waals surface area contributed by atoms with Crippen molar-refractivity contribution >= 4 is 5.91 Å². The van der Waals surface area contributed by atoms with Gasteiger partial charge >= 0.3 is 0 Å². The van der Waals surface area contributed by atoms with Gasteiger partial charge in [0.1, 0.15) is 5.82 Å². The van der Waals surface area contributed by atoms with Crippen LogP contribution in [-0.2, 0) is 11.3 Å². The Morgan fingerprint density at radius 3 is 2.60 bits per heavy atom. The van der Waals surface area contributed by atoms with Gasteiger partial charge in [-0.3, -0.25) is 4.79 Å². The number of likely N-dealkylation sites (N-methyl/N-ethyl adjacent to an activating group) is 1. The minimum Gasteiger partial charge on any atom is -0.355 e. The molecule has 0 heterocycles. The fourth-order valence-electron chi connectivity index (χ4n) is 1.18. The zero-order valence-corrected chi connectivity index (χ0v) is 8.72. The van der Waals surface area contributed by atoms with E-state index in [2.05, 4.69) is 10.6 Å². The number of nitrogens with one attached hydrogen (secondary N) is 2. The summed E-state index contributed by atoms with van der Waals surface area (Å²) in [6, 6.07) is 6.20. The summed E-state index contributed by atoms with van der Waals surface area (Å²) in [5, 5.41) is 5.65. The van der Waals surface area contributed by atoms with Gasteiger partial charge in [-0.15, -0.1) is 0 Å². The maximum Gasteiger partial charge on any atom is 0.233 e. The first-order valence-electron chi connectivity index (χ1n) is 4.94. The molecule has 1 aromatic carbocycles. The summed E-state index contributed by atoms with van der Waals surface area (Å²) in [6.45, 7) is 3.36. The van der Waals surface area contributed by atoms with E-state index in [0.717, 1.165) is 5.56 Å². The van der Waals surface area contributed by atoms with Gasteiger partial charge in [0.15, 0.2) is 0 Å². The van der Waals surface area contributed by atoms with Gasteiger partial charge in [0.05, 0.1) is 6.54 Å². The summed E-state index contributed by atoms with van der Waals surface area (Å²) >= 11 is 0. The van der Waals surface area contributed by atoms with Gasteiger partial charge in [0.2, 0.25) is 5.91 Å². The van der Waals surface area contributed by atoms with Crippen LogP contribution in [0, 0.1) is 5.82 Å². The first kappa shape index (κ1) is 11.7. The summed E-state index contributed by atoms with van der Waals surface area (Å²) in [6.07, 6.45) is 0. The zero-order valence-electron chi connectivity index (χ0n) is 8.72. The van der Waals surface area contributed by atoms with Crippen LogP contribution in [-0.4, -0.2) is 19.0 Å². The van der Waals surface area contributed by atoms with Crippen LogP contribution in [0.4, 0.5) is 4.39 Å². The van der Waals surface area contributed by atoms with E-state index in [0.29, 0.717) is 13.1 Å². The Balaban J connectivity index is 2.26. The molecule has 0 fully saturated rings. The highest BCUT2D eigenvalue weighted by molar-refractivity contribution is 5.77. The number of carbonyl (C=O) groups excluding carboxylic acids is 1. The second-order valence-electron chi connectivity index (χ2n) is 3.18. The molecule has 4 heteroatoms. The second-order valence-corrected chi connectivity index (χ2v) is 3.18. The summed E-state index contributed by atoms with van der Waals surface area (Å²) in [5.74, 6) is -0.276.